The highest BCUT2D eigenvalue weighted by Crippen LogP contribution is 2.14. The van der Waals surface area contributed by atoms with E-state index in [1.165, 1.54) is 5.56 Å². The molecule has 1 N–H and O–H groups in total. The number of likely N-dealkylation sites (tertiary alicyclic amines) is 1. The van der Waals surface area contributed by atoms with E-state index >= 15 is 0 Å². The number of aryl methyl sites for hydroxylation is 1. The van der Waals surface area contributed by atoms with Gasteiger partial charge in [-0.15, -0.1) is 0 Å². The molecule has 1 aromatic carbocycles. The van der Waals surface area contributed by atoms with Crippen LogP contribution in [0.1, 0.15) is 28.8 Å². The fourth-order valence-electron chi connectivity index (χ4n) is 2.88. The standard InChI is InChI=1S/C17H22N4O/c1-20-13-15(11-18-20)17(22)19-16-7-9-21(10-8-16)12-14-5-3-2-4-6-14/h2-6,11,13,16H,7-10,12H2,1H3,(H,19,22). The van der Waals surface area contributed by atoms with E-state index in [9.17, 15) is 4.79 Å². The van der Waals surface area contributed by atoms with Crippen molar-refractivity contribution in [3.05, 3.63) is 53.9 Å². The van der Waals surface area contributed by atoms with E-state index in [0.717, 1.165) is 32.5 Å². The Balaban J connectivity index is 1.46. The molecular formula is C17H22N4O. The summed E-state index contributed by atoms with van der Waals surface area (Å²) in [6.07, 6.45) is 5.36. The summed E-state index contributed by atoms with van der Waals surface area (Å²) in [7, 11) is 1.82. The second kappa shape index (κ2) is 6.75. The van der Waals surface area contributed by atoms with Gasteiger partial charge in [0.15, 0.2) is 0 Å². The third-order valence-corrected chi connectivity index (χ3v) is 4.14. The van der Waals surface area contributed by atoms with Crippen LogP contribution in [0, 0.1) is 0 Å². The topological polar surface area (TPSA) is 50.2 Å². The zero-order valence-corrected chi connectivity index (χ0v) is 12.9. The molecule has 0 bridgehead atoms. The van der Waals surface area contributed by atoms with Crippen molar-refractivity contribution >= 4 is 5.91 Å². The first-order valence-corrected chi connectivity index (χ1v) is 7.76. The van der Waals surface area contributed by atoms with Gasteiger partial charge in [-0.1, -0.05) is 30.3 Å². The summed E-state index contributed by atoms with van der Waals surface area (Å²) in [6.45, 7) is 3.03. The van der Waals surface area contributed by atoms with Gasteiger partial charge in [0, 0.05) is 38.9 Å². The minimum Gasteiger partial charge on any atom is -0.349 e. The Morgan fingerprint density at radius 2 is 2.00 bits per heavy atom. The number of aromatic nitrogens is 2. The number of hydrogen-bond donors (Lipinski definition) is 1. The maximum absolute atomic E-state index is 12.1. The summed E-state index contributed by atoms with van der Waals surface area (Å²) in [4.78, 5) is 14.6. The molecule has 0 radical (unpaired) electrons. The van der Waals surface area contributed by atoms with Crippen LogP contribution < -0.4 is 5.32 Å². The summed E-state index contributed by atoms with van der Waals surface area (Å²) in [5.41, 5.74) is 1.98. The quantitative estimate of drug-likeness (QED) is 0.936. The smallest absolute Gasteiger partial charge is 0.254 e. The Kier molecular flexibility index (Phi) is 4.53. The molecule has 1 aliphatic heterocycles. The number of piperidine rings is 1. The SMILES string of the molecule is Cn1cc(C(=O)NC2CCN(Cc3ccccc3)CC2)cn1. The molecule has 3 rings (SSSR count). The first-order valence-electron chi connectivity index (χ1n) is 7.76. The molecule has 0 spiro atoms. The lowest BCUT2D eigenvalue weighted by atomic mass is 10.0. The van der Waals surface area contributed by atoms with E-state index < -0.39 is 0 Å². The Morgan fingerprint density at radius 3 is 2.64 bits per heavy atom. The van der Waals surface area contributed by atoms with Crippen LogP contribution in [0.25, 0.3) is 0 Å². The predicted octanol–water partition coefficient (Wildman–Crippen LogP) is 1.81. The predicted molar refractivity (Wildman–Crippen MR) is 85.4 cm³/mol. The lowest BCUT2D eigenvalue weighted by Crippen LogP contribution is -2.44. The number of rotatable bonds is 4. The van der Waals surface area contributed by atoms with Crippen LogP contribution in [0.15, 0.2) is 42.7 Å². The molecule has 1 saturated heterocycles. The van der Waals surface area contributed by atoms with Crippen molar-refractivity contribution in [2.24, 2.45) is 7.05 Å². The number of amides is 1. The van der Waals surface area contributed by atoms with Crippen LogP contribution in [-0.2, 0) is 13.6 Å². The summed E-state index contributed by atoms with van der Waals surface area (Å²) < 4.78 is 1.65. The highest BCUT2D eigenvalue weighted by atomic mass is 16.1. The largest absolute Gasteiger partial charge is 0.349 e. The molecule has 0 saturated carbocycles. The third-order valence-electron chi connectivity index (χ3n) is 4.14. The molecule has 5 heteroatoms. The van der Waals surface area contributed by atoms with E-state index in [-0.39, 0.29) is 11.9 Å². The van der Waals surface area contributed by atoms with Crippen molar-refractivity contribution in [1.29, 1.82) is 0 Å². The van der Waals surface area contributed by atoms with Gasteiger partial charge in [0.2, 0.25) is 0 Å². The van der Waals surface area contributed by atoms with E-state index in [0.29, 0.717) is 5.56 Å². The minimum atomic E-state index is -0.0189. The van der Waals surface area contributed by atoms with Crippen LogP contribution in [0.4, 0.5) is 0 Å². The molecule has 0 aliphatic carbocycles. The lowest BCUT2D eigenvalue weighted by molar-refractivity contribution is 0.0909. The summed E-state index contributed by atoms with van der Waals surface area (Å²) in [5, 5.41) is 7.15. The molecule has 22 heavy (non-hydrogen) atoms. The van der Waals surface area contributed by atoms with Crippen molar-refractivity contribution in [3.8, 4) is 0 Å². The fourth-order valence-corrected chi connectivity index (χ4v) is 2.88. The highest BCUT2D eigenvalue weighted by molar-refractivity contribution is 5.93. The van der Waals surface area contributed by atoms with E-state index in [2.05, 4.69) is 39.6 Å². The van der Waals surface area contributed by atoms with Gasteiger partial charge in [-0.25, -0.2) is 0 Å². The first-order chi connectivity index (χ1) is 10.7. The van der Waals surface area contributed by atoms with E-state index in [4.69, 9.17) is 0 Å². The highest BCUT2D eigenvalue weighted by Gasteiger charge is 2.21. The molecule has 116 valence electrons. The van der Waals surface area contributed by atoms with Crippen LogP contribution in [-0.4, -0.2) is 39.7 Å². The summed E-state index contributed by atoms with van der Waals surface area (Å²) in [5.74, 6) is -0.0189. The molecule has 1 fully saturated rings. The zero-order chi connectivity index (χ0) is 15.4. The first kappa shape index (κ1) is 14.8. The molecule has 2 aromatic rings. The van der Waals surface area contributed by atoms with Crippen LogP contribution in [0.5, 0.6) is 0 Å². The molecular weight excluding hydrogens is 276 g/mol. The van der Waals surface area contributed by atoms with Crippen LogP contribution in [0.2, 0.25) is 0 Å². The second-order valence-corrected chi connectivity index (χ2v) is 5.91. The normalized spacial score (nSPS) is 16.6. The van der Waals surface area contributed by atoms with Gasteiger partial charge < -0.3 is 5.32 Å². The van der Waals surface area contributed by atoms with E-state index in [1.54, 1.807) is 17.1 Å². The average molecular weight is 298 g/mol. The van der Waals surface area contributed by atoms with Gasteiger partial charge in [0.1, 0.15) is 0 Å². The maximum Gasteiger partial charge on any atom is 0.254 e. The third kappa shape index (κ3) is 3.74. The molecule has 0 unspecified atom stereocenters. The number of benzene rings is 1. The van der Waals surface area contributed by atoms with Crippen molar-refractivity contribution in [2.45, 2.75) is 25.4 Å². The number of hydrogen-bond acceptors (Lipinski definition) is 3. The van der Waals surface area contributed by atoms with Gasteiger partial charge in [-0.2, -0.15) is 5.10 Å². The lowest BCUT2D eigenvalue weighted by Gasteiger charge is -2.32. The molecule has 1 aliphatic rings. The van der Waals surface area contributed by atoms with Gasteiger partial charge in [0.05, 0.1) is 11.8 Å². The Bertz CT molecular complexity index is 615. The second-order valence-electron chi connectivity index (χ2n) is 5.91. The fraction of sp³-hybridized carbons (Fsp3) is 0.412. The summed E-state index contributed by atoms with van der Waals surface area (Å²) in [6, 6.07) is 10.8. The monoisotopic (exact) mass is 298 g/mol. The molecule has 1 amide bonds. The van der Waals surface area contributed by atoms with Gasteiger partial charge in [-0.3, -0.25) is 14.4 Å². The number of nitrogens with one attached hydrogen (secondary N) is 1. The van der Waals surface area contributed by atoms with Crippen LogP contribution >= 0.6 is 0 Å². The van der Waals surface area contributed by atoms with Crippen molar-refractivity contribution in [1.82, 2.24) is 20.0 Å². The average Bonchev–Trinajstić information content (AvgIpc) is 2.97. The Morgan fingerprint density at radius 1 is 1.27 bits per heavy atom. The van der Waals surface area contributed by atoms with E-state index in [1.807, 2.05) is 13.1 Å². The van der Waals surface area contributed by atoms with Gasteiger partial charge in [0.25, 0.3) is 5.91 Å². The Labute approximate surface area is 130 Å². The minimum absolute atomic E-state index is 0.0189. The van der Waals surface area contributed by atoms with Crippen LogP contribution in [0.3, 0.4) is 0 Å². The molecule has 1 aromatic heterocycles. The Hall–Kier alpha value is -2.14. The number of nitrogens with zero attached hydrogens (tertiary/aromatic N) is 3. The zero-order valence-electron chi connectivity index (χ0n) is 12.9. The van der Waals surface area contributed by atoms with Crippen molar-refractivity contribution < 1.29 is 4.79 Å². The molecule has 0 atom stereocenters. The number of carbonyl (C=O) groups excluding carboxylic acids is 1. The van der Waals surface area contributed by atoms with Crippen molar-refractivity contribution in [2.75, 3.05) is 13.1 Å². The van der Waals surface area contributed by atoms with Gasteiger partial charge in [-0.05, 0) is 18.4 Å². The maximum atomic E-state index is 12.1. The summed E-state index contributed by atoms with van der Waals surface area (Å²) >= 11 is 0. The molecule has 2 heterocycles. The number of carbonyl (C=O) groups is 1. The molecule has 5 nitrogen and oxygen atoms in total. The van der Waals surface area contributed by atoms with Crippen molar-refractivity contribution in [3.63, 3.8) is 0 Å². The van der Waals surface area contributed by atoms with Gasteiger partial charge >= 0.3 is 0 Å².